The van der Waals surface area contributed by atoms with E-state index >= 15 is 0 Å². The second-order valence-electron chi connectivity index (χ2n) is 7.06. The van der Waals surface area contributed by atoms with Gasteiger partial charge in [-0.25, -0.2) is 4.39 Å². The van der Waals surface area contributed by atoms with Gasteiger partial charge >= 0.3 is 0 Å². The Kier molecular flexibility index (Phi) is 7.06. The van der Waals surface area contributed by atoms with E-state index in [4.69, 9.17) is 28.6 Å². The molecule has 4 aromatic rings. The van der Waals surface area contributed by atoms with Gasteiger partial charge in [-0.15, -0.1) is 11.3 Å². The molecule has 6 nitrogen and oxygen atoms in total. The molecular weight excluding hydrogens is 497 g/mol. The van der Waals surface area contributed by atoms with E-state index in [1.54, 1.807) is 43.5 Å². The molecule has 0 unspecified atom stereocenters. The number of halogens is 2. The first-order chi connectivity index (χ1) is 16.3. The molecule has 34 heavy (non-hydrogen) atoms. The van der Waals surface area contributed by atoms with E-state index in [1.807, 2.05) is 6.07 Å². The van der Waals surface area contributed by atoms with E-state index in [-0.39, 0.29) is 11.0 Å². The molecule has 1 heterocycles. The molecule has 2 amide bonds. The van der Waals surface area contributed by atoms with Crippen molar-refractivity contribution in [3.8, 4) is 5.75 Å². The monoisotopic (exact) mass is 513 g/mol. The topological polar surface area (TPSA) is 79.5 Å². The molecule has 0 saturated heterocycles. The summed E-state index contributed by atoms with van der Waals surface area (Å²) in [5, 5.41) is 9.32. The number of nitrogens with one attached hydrogen (secondary N) is 3. The highest BCUT2D eigenvalue weighted by atomic mass is 35.5. The number of hydrogen-bond donors (Lipinski definition) is 3. The van der Waals surface area contributed by atoms with Crippen LogP contribution in [0.25, 0.3) is 10.1 Å². The number of anilines is 2. The molecule has 172 valence electrons. The van der Waals surface area contributed by atoms with E-state index in [2.05, 4.69) is 16.0 Å². The van der Waals surface area contributed by atoms with Crippen molar-refractivity contribution in [3.05, 3.63) is 88.0 Å². The summed E-state index contributed by atoms with van der Waals surface area (Å²) in [5.74, 6) is -0.556. The molecular formula is C24H17ClFN3O3S2. The van der Waals surface area contributed by atoms with Gasteiger partial charge in [0, 0.05) is 27.0 Å². The molecule has 3 aromatic carbocycles. The summed E-state index contributed by atoms with van der Waals surface area (Å²) >= 11 is 12.9. The number of hydrogen-bond acceptors (Lipinski definition) is 5. The van der Waals surface area contributed by atoms with Gasteiger partial charge in [0.2, 0.25) is 0 Å². The lowest BCUT2D eigenvalue weighted by molar-refractivity contribution is 0.0980. The van der Waals surface area contributed by atoms with Crippen LogP contribution in [0.3, 0.4) is 0 Å². The number of amides is 2. The Balaban J connectivity index is 1.42. The first-order valence-corrected chi connectivity index (χ1v) is 11.5. The number of rotatable bonds is 5. The zero-order valence-corrected chi connectivity index (χ0v) is 20.0. The standard InChI is InChI=1S/C24H17ClFN3O3S2/c1-32-17-9-10-18-19(12-17)34-21(20(18)25)23(31)29-24(33)28-16-4-2-3-13(11-16)22(30)27-15-7-5-14(26)6-8-15/h2-12H,1H3,(H,27,30)(H2,28,29,31,33). The smallest absolute Gasteiger partial charge is 0.269 e. The third-order valence-electron chi connectivity index (χ3n) is 4.75. The Morgan fingerprint density at radius 1 is 0.971 bits per heavy atom. The van der Waals surface area contributed by atoms with Crippen LogP contribution in [-0.2, 0) is 0 Å². The van der Waals surface area contributed by atoms with Gasteiger partial charge in [0.15, 0.2) is 5.11 Å². The molecule has 0 aliphatic heterocycles. The van der Waals surface area contributed by atoms with Crippen molar-refractivity contribution in [3.63, 3.8) is 0 Å². The second-order valence-corrected chi connectivity index (χ2v) is 8.90. The van der Waals surface area contributed by atoms with Gasteiger partial charge in [-0.3, -0.25) is 14.9 Å². The van der Waals surface area contributed by atoms with Gasteiger partial charge in [-0.1, -0.05) is 17.7 Å². The fourth-order valence-corrected chi connectivity index (χ4v) is 4.77. The minimum atomic E-state index is -0.451. The highest BCUT2D eigenvalue weighted by molar-refractivity contribution is 7.80. The fourth-order valence-electron chi connectivity index (χ4n) is 3.12. The Hall–Kier alpha value is -3.53. The average Bonchev–Trinajstić information content (AvgIpc) is 3.16. The molecule has 0 atom stereocenters. The predicted molar refractivity (Wildman–Crippen MR) is 138 cm³/mol. The first-order valence-electron chi connectivity index (χ1n) is 9.89. The average molecular weight is 514 g/mol. The Morgan fingerprint density at radius 2 is 1.74 bits per heavy atom. The number of thiocarbonyl (C=S) groups is 1. The van der Waals surface area contributed by atoms with Crippen molar-refractivity contribution in [1.29, 1.82) is 0 Å². The Labute approximate surface area is 208 Å². The molecule has 3 N–H and O–H groups in total. The zero-order valence-electron chi connectivity index (χ0n) is 17.6. The molecule has 4 rings (SSSR count). The summed E-state index contributed by atoms with van der Waals surface area (Å²) < 4.78 is 19.1. The maximum Gasteiger partial charge on any atom is 0.269 e. The summed E-state index contributed by atoms with van der Waals surface area (Å²) in [6.45, 7) is 0. The van der Waals surface area contributed by atoms with Crippen LogP contribution < -0.4 is 20.7 Å². The van der Waals surface area contributed by atoms with Crippen LogP contribution in [0, 0.1) is 5.82 Å². The van der Waals surface area contributed by atoms with Gasteiger partial charge in [0.25, 0.3) is 11.8 Å². The van der Waals surface area contributed by atoms with Crippen LogP contribution in [0.5, 0.6) is 5.75 Å². The van der Waals surface area contributed by atoms with Crippen molar-refractivity contribution >= 4 is 73.5 Å². The summed E-state index contributed by atoms with van der Waals surface area (Å²) in [7, 11) is 1.57. The summed E-state index contributed by atoms with van der Waals surface area (Å²) in [4.78, 5) is 25.6. The highest BCUT2D eigenvalue weighted by Crippen LogP contribution is 2.37. The lowest BCUT2D eigenvalue weighted by Gasteiger charge is -2.11. The maximum absolute atomic E-state index is 13.1. The van der Waals surface area contributed by atoms with E-state index in [9.17, 15) is 14.0 Å². The number of carbonyl (C=O) groups excluding carboxylic acids is 2. The molecule has 0 aliphatic carbocycles. The van der Waals surface area contributed by atoms with Gasteiger partial charge < -0.3 is 15.4 Å². The second kappa shape index (κ2) is 10.2. The fraction of sp³-hybridized carbons (Fsp3) is 0.0417. The van der Waals surface area contributed by atoms with Gasteiger partial charge in [-0.05, 0) is 72.9 Å². The molecule has 0 spiro atoms. The number of carbonyl (C=O) groups is 2. The van der Waals surface area contributed by atoms with Crippen molar-refractivity contribution in [2.24, 2.45) is 0 Å². The highest BCUT2D eigenvalue weighted by Gasteiger charge is 2.19. The third-order valence-corrected chi connectivity index (χ3v) is 6.61. The van der Waals surface area contributed by atoms with E-state index in [0.717, 1.165) is 10.1 Å². The maximum atomic E-state index is 13.1. The largest absolute Gasteiger partial charge is 0.497 e. The number of benzene rings is 3. The quantitative estimate of drug-likeness (QED) is 0.282. The van der Waals surface area contributed by atoms with Crippen molar-refractivity contribution in [2.45, 2.75) is 0 Å². The van der Waals surface area contributed by atoms with Crippen LogP contribution >= 0.6 is 35.2 Å². The summed E-state index contributed by atoms with van der Waals surface area (Å²) in [5.41, 5.74) is 1.32. The predicted octanol–water partition coefficient (Wildman–Crippen LogP) is 6.08. The summed E-state index contributed by atoms with van der Waals surface area (Å²) in [6.07, 6.45) is 0. The molecule has 1 aromatic heterocycles. The first kappa shape index (κ1) is 23.6. The normalized spacial score (nSPS) is 10.6. The SMILES string of the molecule is COc1ccc2c(Cl)c(C(=O)NC(=S)Nc3cccc(C(=O)Nc4ccc(F)cc4)c3)sc2c1. The summed E-state index contributed by atoms with van der Waals surface area (Å²) in [6, 6.07) is 17.4. The zero-order chi connectivity index (χ0) is 24.2. The number of thiophene rings is 1. The minimum Gasteiger partial charge on any atom is -0.497 e. The molecule has 0 saturated carbocycles. The number of fused-ring (bicyclic) bond motifs is 1. The van der Waals surface area contributed by atoms with Crippen molar-refractivity contribution in [2.75, 3.05) is 17.7 Å². The minimum absolute atomic E-state index is 0.0483. The van der Waals surface area contributed by atoms with Crippen LogP contribution in [-0.4, -0.2) is 24.0 Å². The lowest BCUT2D eigenvalue weighted by Crippen LogP contribution is -2.33. The number of methoxy groups -OCH3 is 1. The number of ether oxygens (including phenoxy) is 1. The third kappa shape index (κ3) is 5.33. The van der Waals surface area contributed by atoms with Crippen LogP contribution in [0.15, 0.2) is 66.7 Å². The Bertz CT molecular complexity index is 1410. The van der Waals surface area contributed by atoms with Crippen LogP contribution in [0.2, 0.25) is 5.02 Å². The Morgan fingerprint density at radius 3 is 2.47 bits per heavy atom. The molecule has 0 aliphatic rings. The van der Waals surface area contributed by atoms with Crippen LogP contribution in [0.1, 0.15) is 20.0 Å². The van der Waals surface area contributed by atoms with E-state index < -0.39 is 11.7 Å². The van der Waals surface area contributed by atoms with Crippen molar-refractivity contribution < 1.29 is 18.7 Å². The molecule has 0 bridgehead atoms. The molecule has 0 radical (unpaired) electrons. The lowest BCUT2D eigenvalue weighted by atomic mass is 10.2. The molecule has 10 heteroatoms. The van der Waals surface area contributed by atoms with E-state index in [1.165, 1.54) is 35.6 Å². The van der Waals surface area contributed by atoms with Gasteiger partial charge in [-0.2, -0.15) is 0 Å². The molecule has 0 fully saturated rings. The van der Waals surface area contributed by atoms with Crippen LogP contribution in [0.4, 0.5) is 15.8 Å². The van der Waals surface area contributed by atoms with Crippen molar-refractivity contribution in [1.82, 2.24) is 5.32 Å². The van der Waals surface area contributed by atoms with Gasteiger partial charge in [0.1, 0.15) is 16.4 Å². The van der Waals surface area contributed by atoms with Gasteiger partial charge in [0.05, 0.1) is 12.1 Å². The van der Waals surface area contributed by atoms with E-state index in [0.29, 0.717) is 32.6 Å².